The summed E-state index contributed by atoms with van der Waals surface area (Å²) in [5.74, 6) is 0.618. The highest BCUT2D eigenvalue weighted by Crippen LogP contribution is 2.19. The highest BCUT2D eigenvalue weighted by Gasteiger charge is 2.15. The molecule has 0 radical (unpaired) electrons. The van der Waals surface area contributed by atoms with E-state index in [9.17, 15) is 8.78 Å². The average molecular weight is 371 g/mol. The molecule has 138 valence electrons. The molecule has 3 aromatic heterocycles. The predicted octanol–water partition coefficient (Wildman–Crippen LogP) is 2.94. The van der Waals surface area contributed by atoms with E-state index in [-0.39, 0.29) is 18.1 Å². The van der Waals surface area contributed by atoms with E-state index in [0.717, 1.165) is 12.4 Å². The SMILES string of the molecule is C=C(C=N)c1ccc(OCc2c(C)nnn2-c2ccc(C(F)F)cn2)nn1. The van der Waals surface area contributed by atoms with E-state index in [4.69, 9.17) is 10.1 Å². The van der Waals surface area contributed by atoms with Crippen LogP contribution in [-0.2, 0) is 6.61 Å². The number of rotatable bonds is 7. The summed E-state index contributed by atoms with van der Waals surface area (Å²) < 4.78 is 32.4. The fourth-order valence-corrected chi connectivity index (χ4v) is 2.16. The lowest BCUT2D eigenvalue weighted by Gasteiger charge is -2.08. The number of pyridine rings is 1. The Labute approximate surface area is 153 Å². The topological polar surface area (TPSA) is 102 Å². The lowest BCUT2D eigenvalue weighted by molar-refractivity contribution is 0.151. The Morgan fingerprint density at radius 2 is 2.07 bits per heavy atom. The van der Waals surface area contributed by atoms with Crippen LogP contribution in [0.25, 0.3) is 11.4 Å². The number of aromatic nitrogens is 6. The number of hydrogen-bond donors (Lipinski definition) is 1. The van der Waals surface area contributed by atoms with Crippen molar-refractivity contribution in [2.24, 2.45) is 0 Å². The minimum Gasteiger partial charge on any atom is -0.470 e. The number of ether oxygens (including phenoxy) is 1. The summed E-state index contributed by atoms with van der Waals surface area (Å²) in [4.78, 5) is 4.01. The number of allylic oxidation sites excluding steroid dienone is 1. The second-order valence-electron chi connectivity index (χ2n) is 5.50. The maximum Gasteiger partial charge on any atom is 0.265 e. The molecule has 3 aromatic rings. The smallest absolute Gasteiger partial charge is 0.265 e. The van der Waals surface area contributed by atoms with Gasteiger partial charge in [-0.3, -0.25) is 0 Å². The molecule has 10 heteroatoms. The van der Waals surface area contributed by atoms with Crippen LogP contribution >= 0.6 is 0 Å². The summed E-state index contributed by atoms with van der Waals surface area (Å²) >= 11 is 0. The predicted molar refractivity (Wildman–Crippen MR) is 93.0 cm³/mol. The van der Waals surface area contributed by atoms with Crippen LogP contribution in [0, 0.1) is 12.3 Å². The Bertz CT molecular complexity index is 952. The minimum atomic E-state index is -2.59. The molecule has 0 aliphatic rings. The van der Waals surface area contributed by atoms with E-state index in [1.165, 1.54) is 16.8 Å². The van der Waals surface area contributed by atoms with Crippen molar-refractivity contribution in [1.29, 1.82) is 5.41 Å². The van der Waals surface area contributed by atoms with Crippen LogP contribution in [0.2, 0.25) is 0 Å². The van der Waals surface area contributed by atoms with E-state index in [1.807, 2.05) is 0 Å². The van der Waals surface area contributed by atoms with Gasteiger partial charge in [-0.25, -0.2) is 13.8 Å². The van der Waals surface area contributed by atoms with Gasteiger partial charge in [-0.2, -0.15) is 4.68 Å². The van der Waals surface area contributed by atoms with Gasteiger partial charge in [0.2, 0.25) is 5.88 Å². The van der Waals surface area contributed by atoms with Gasteiger partial charge < -0.3 is 10.1 Å². The monoisotopic (exact) mass is 371 g/mol. The van der Waals surface area contributed by atoms with E-state index >= 15 is 0 Å². The summed E-state index contributed by atoms with van der Waals surface area (Å²) in [6, 6.07) is 5.98. The molecule has 8 nitrogen and oxygen atoms in total. The summed E-state index contributed by atoms with van der Waals surface area (Å²) in [5.41, 5.74) is 1.95. The molecule has 0 aliphatic heterocycles. The van der Waals surface area contributed by atoms with Crippen molar-refractivity contribution in [1.82, 2.24) is 30.2 Å². The van der Waals surface area contributed by atoms with E-state index in [0.29, 0.717) is 28.5 Å². The average Bonchev–Trinajstić information content (AvgIpc) is 3.06. The normalized spacial score (nSPS) is 10.8. The number of aryl methyl sites for hydroxylation is 1. The molecule has 0 saturated carbocycles. The van der Waals surface area contributed by atoms with Crippen molar-refractivity contribution < 1.29 is 13.5 Å². The Kier molecular flexibility index (Phi) is 5.25. The lowest BCUT2D eigenvalue weighted by atomic mass is 10.2. The summed E-state index contributed by atoms with van der Waals surface area (Å²) in [6.07, 6.45) is -0.399. The van der Waals surface area contributed by atoms with Crippen molar-refractivity contribution in [3.8, 4) is 11.7 Å². The zero-order valence-corrected chi connectivity index (χ0v) is 14.3. The van der Waals surface area contributed by atoms with Crippen molar-refractivity contribution in [2.75, 3.05) is 0 Å². The van der Waals surface area contributed by atoms with Crippen molar-refractivity contribution in [3.63, 3.8) is 0 Å². The maximum atomic E-state index is 12.7. The third-order valence-electron chi connectivity index (χ3n) is 3.70. The van der Waals surface area contributed by atoms with Gasteiger partial charge in [-0.15, -0.1) is 15.3 Å². The molecular weight excluding hydrogens is 356 g/mol. The number of nitrogens with one attached hydrogen (secondary N) is 1. The highest BCUT2D eigenvalue weighted by molar-refractivity contribution is 6.06. The Morgan fingerprint density at radius 1 is 1.26 bits per heavy atom. The Balaban J connectivity index is 1.77. The van der Waals surface area contributed by atoms with Crippen LogP contribution in [0.5, 0.6) is 5.88 Å². The molecule has 0 fully saturated rings. The fourth-order valence-electron chi connectivity index (χ4n) is 2.16. The van der Waals surface area contributed by atoms with Gasteiger partial charge in [-0.05, 0) is 25.1 Å². The molecule has 0 atom stereocenters. The summed E-state index contributed by atoms with van der Waals surface area (Å²) in [6.45, 7) is 5.50. The van der Waals surface area contributed by atoms with Crippen LogP contribution < -0.4 is 4.74 Å². The van der Waals surface area contributed by atoms with Crippen molar-refractivity contribution in [3.05, 3.63) is 59.7 Å². The van der Waals surface area contributed by atoms with Crippen LogP contribution in [0.4, 0.5) is 8.78 Å². The van der Waals surface area contributed by atoms with Gasteiger partial charge in [0.05, 0.1) is 11.4 Å². The number of halogens is 2. The second-order valence-corrected chi connectivity index (χ2v) is 5.50. The van der Waals surface area contributed by atoms with Gasteiger partial charge in [0.15, 0.2) is 5.82 Å². The van der Waals surface area contributed by atoms with E-state index in [2.05, 4.69) is 32.1 Å². The first kappa shape index (κ1) is 18.2. The van der Waals surface area contributed by atoms with E-state index in [1.54, 1.807) is 19.1 Å². The zero-order chi connectivity index (χ0) is 19.4. The molecule has 3 rings (SSSR count). The number of hydrogen-bond acceptors (Lipinski definition) is 7. The van der Waals surface area contributed by atoms with Gasteiger partial charge in [-0.1, -0.05) is 11.8 Å². The molecule has 0 unspecified atom stereocenters. The van der Waals surface area contributed by atoms with E-state index < -0.39 is 6.43 Å². The zero-order valence-electron chi connectivity index (χ0n) is 14.3. The van der Waals surface area contributed by atoms with Gasteiger partial charge in [0.1, 0.15) is 12.3 Å². The summed E-state index contributed by atoms with van der Waals surface area (Å²) in [7, 11) is 0. The number of nitrogens with zero attached hydrogens (tertiary/aromatic N) is 6. The standard InChI is InChI=1S/C17H15F2N7O/c1-10(7-20)13-4-6-16(24-23-13)27-9-14-11(2)22-25-26(14)15-5-3-12(8-21-15)17(18)19/h3-8,17,20H,1,9H2,2H3. The first-order valence-corrected chi connectivity index (χ1v) is 7.81. The molecule has 0 aliphatic carbocycles. The molecule has 1 N–H and O–H groups in total. The van der Waals surface area contributed by atoms with Crippen LogP contribution in [0.15, 0.2) is 37.0 Å². The van der Waals surface area contributed by atoms with Crippen LogP contribution in [0.3, 0.4) is 0 Å². The molecular formula is C17H15F2N7O. The molecule has 0 aromatic carbocycles. The molecule has 0 saturated heterocycles. The summed E-state index contributed by atoms with van der Waals surface area (Å²) in [5, 5.41) is 23.0. The first-order chi connectivity index (χ1) is 13.0. The first-order valence-electron chi connectivity index (χ1n) is 7.81. The van der Waals surface area contributed by atoms with Gasteiger partial charge in [0.25, 0.3) is 6.43 Å². The highest BCUT2D eigenvalue weighted by atomic mass is 19.3. The van der Waals surface area contributed by atoms with Crippen molar-refractivity contribution >= 4 is 11.8 Å². The quantitative estimate of drug-likeness (QED) is 0.641. The lowest BCUT2D eigenvalue weighted by Crippen LogP contribution is -2.09. The molecule has 0 amide bonds. The minimum absolute atomic E-state index is 0.0800. The largest absolute Gasteiger partial charge is 0.470 e. The second kappa shape index (κ2) is 7.77. The van der Waals surface area contributed by atoms with Gasteiger partial charge in [0, 0.05) is 29.6 Å². The Morgan fingerprint density at radius 3 is 2.67 bits per heavy atom. The Hall–Kier alpha value is -3.56. The fraction of sp³-hybridized carbons (Fsp3) is 0.176. The van der Waals surface area contributed by atoms with Crippen molar-refractivity contribution in [2.45, 2.75) is 20.0 Å². The molecule has 0 spiro atoms. The molecule has 27 heavy (non-hydrogen) atoms. The molecule has 0 bridgehead atoms. The van der Waals surface area contributed by atoms with Crippen LogP contribution in [-0.4, -0.2) is 36.4 Å². The third-order valence-corrected chi connectivity index (χ3v) is 3.70. The maximum absolute atomic E-state index is 12.7. The molecule has 3 heterocycles. The van der Waals surface area contributed by atoms with Gasteiger partial charge >= 0.3 is 0 Å². The third kappa shape index (κ3) is 4.00. The van der Waals surface area contributed by atoms with Crippen LogP contribution in [0.1, 0.15) is 29.1 Å². The number of alkyl halides is 2.